The molecular formula is C20H28N4O3. The van der Waals surface area contributed by atoms with Crippen LogP contribution in [-0.4, -0.2) is 68.4 Å². The molecular weight excluding hydrogens is 344 g/mol. The number of aromatic nitrogens is 1. The van der Waals surface area contributed by atoms with Crippen molar-refractivity contribution >= 4 is 11.7 Å². The molecule has 0 atom stereocenters. The van der Waals surface area contributed by atoms with Gasteiger partial charge >= 0.3 is 0 Å². The van der Waals surface area contributed by atoms with Crippen molar-refractivity contribution in [2.45, 2.75) is 31.7 Å². The van der Waals surface area contributed by atoms with Gasteiger partial charge in [0, 0.05) is 58.1 Å². The average molecular weight is 372 g/mol. The summed E-state index contributed by atoms with van der Waals surface area (Å²) in [4.78, 5) is 21.8. The summed E-state index contributed by atoms with van der Waals surface area (Å²) < 4.78 is 10.7. The van der Waals surface area contributed by atoms with Gasteiger partial charge in [-0.3, -0.25) is 4.79 Å². The predicted octanol–water partition coefficient (Wildman–Crippen LogP) is 1.82. The number of nitrogens with zero attached hydrogens (tertiary/aromatic N) is 4. The number of carbonyl (C=O) groups excluding carboxylic acids is 1. The fourth-order valence-electron chi connectivity index (χ4n) is 3.89. The first-order chi connectivity index (χ1) is 13.2. The molecule has 0 aromatic carbocycles. The van der Waals surface area contributed by atoms with Gasteiger partial charge in [-0.1, -0.05) is 0 Å². The summed E-state index contributed by atoms with van der Waals surface area (Å²) in [5.41, 5.74) is 0.564. The van der Waals surface area contributed by atoms with Crippen LogP contribution in [0.3, 0.4) is 0 Å². The molecule has 3 heterocycles. The smallest absolute Gasteiger partial charge is 0.226 e. The van der Waals surface area contributed by atoms with Gasteiger partial charge in [0.05, 0.1) is 12.2 Å². The second-order valence-corrected chi connectivity index (χ2v) is 7.15. The lowest BCUT2D eigenvalue weighted by atomic mass is 9.93. The molecule has 0 bridgehead atoms. The number of carbonyl (C=O) groups is 1. The van der Waals surface area contributed by atoms with Gasteiger partial charge in [0.1, 0.15) is 11.9 Å². The number of piperidine rings is 1. The van der Waals surface area contributed by atoms with Crippen LogP contribution in [0.2, 0.25) is 0 Å². The topological polar surface area (TPSA) is 78.7 Å². The molecule has 2 aliphatic heterocycles. The average Bonchev–Trinajstić information content (AvgIpc) is 2.75. The van der Waals surface area contributed by atoms with Gasteiger partial charge in [-0.05, 0) is 37.8 Å². The first-order valence-corrected chi connectivity index (χ1v) is 9.71. The van der Waals surface area contributed by atoms with Crippen LogP contribution in [0.25, 0.3) is 0 Å². The Kier molecular flexibility index (Phi) is 7.02. The third kappa shape index (κ3) is 4.96. The van der Waals surface area contributed by atoms with E-state index in [0.29, 0.717) is 18.7 Å². The Balaban J connectivity index is 1.58. The van der Waals surface area contributed by atoms with Crippen LogP contribution in [0.1, 0.15) is 31.2 Å². The van der Waals surface area contributed by atoms with Gasteiger partial charge in [-0.15, -0.1) is 0 Å². The van der Waals surface area contributed by atoms with Crippen molar-refractivity contribution in [2.75, 3.05) is 51.5 Å². The summed E-state index contributed by atoms with van der Waals surface area (Å²) in [6.45, 7) is 4.28. The van der Waals surface area contributed by atoms with Gasteiger partial charge in [0.15, 0.2) is 0 Å². The molecule has 1 aromatic rings. The lowest BCUT2D eigenvalue weighted by Gasteiger charge is -2.39. The Labute approximate surface area is 160 Å². The molecule has 2 saturated heterocycles. The minimum absolute atomic E-state index is 0.0549. The standard InChI is InChI=1S/C20H28N4O3/c1-26-13-10-24(18-6-11-27-12-7-18)20(25)17-4-8-23(9-5-17)19-3-2-16(14-21)15-22-19/h2-3,15,17-18H,4-13H2,1H3. The number of pyridine rings is 1. The van der Waals surface area contributed by atoms with Crippen molar-refractivity contribution in [3.05, 3.63) is 23.9 Å². The lowest BCUT2D eigenvalue weighted by molar-refractivity contribution is -0.141. The normalized spacial score (nSPS) is 18.9. The molecule has 2 fully saturated rings. The molecule has 0 unspecified atom stereocenters. The Hall–Kier alpha value is -2.17. The van der Waals surface area contributed by atoms with Crippen LogP contribution in [-0.2, 0) is 14.3 Å². The van der Waals surface area contributed by atoms with Crippen molar-refractivity contribution in [3.8, 4) is 6.07 Å². The largest absolute Gasteiger partial charge is 0.383 e. The molecule has 1 aromatic heterocycles. The number of methoxy groups -OCH3 is 1. The second-order valence-electron chi connectivity index (χ2n) is 7.15. The molecule has 0 N–H and O–H groups in total. The van der Waals surface area contributed by atoms with Gasteiger partial charge in [0.25, 0.3) is 0 Å². The van der Waals surface area contributed by atoms with Crippen LogP contribution < -0.4 is 4.90 Å². The summed E-state index contributed by atoms with van der Waals surface area (Å²) in [7, 11) is 1.68. The monoisotopic (exact) mass is 372 g/mol. The highest BCUT2D eigenvalue weighted by atomic mass is 16.5. The Bertz CT molecular complexity index is 644. The van der Waals surface area contributed by atoms with E-state index < -0.39 is 0 Å². The molecule has 1 amide bonds. The zero-order valence-corrected chi connectivity index (χ0v) is 16.0. The van der Waals surface area contributed by atoms with Crippen molar-refractivity contribution in [3.63, 3.8) is 0 Å². The van der Waals surface area contributed by atoms with Crippen LogP contribution >= 0.6 is 0 Å². The Morgan fingerprint density at radius 2 is 2.07 bits per heavy atom. The van der Waals surface area contributed by atoms with Gasteiger partial charge in [-0.25, -0.2) is 4.98 Å². The lowest BCUT2D eigenvalue weighted by Crippen LogP contribution is -2.49. The number of ether oxygens (including phenoxy) is 2. The summed E-state index contributed by atoms with van der Waals surface area (Å²) in [5.74, 6) is 1.19. The highest BCUT2D eigenvalue weighted by molar-refractivity contribution is 5.79. The number of hydrogen-bond acceptors (Lipinski definition) is 6. The molecule has 7 nitrogen and oxygen atoms in total. The van der Waals surface area contributed by atoms with Crippen LogP contribution in [0.15, 0.2) is 18.3 Å². The first-order valence-electron chi connectivity index (χ1n) is 9.71. The van der Waals surface area contributed by atoms with E-state index in [0.717, 1.165) is 57.8 Å². The van der Waals surface area contributed by atoms with Crippen LogP contribution in [0, 0.1) is 17.2 Å². The third-order valence-corrected chi connectivity index (χ3v) is 5.50. The van der Waals surface area contributed by atoms with E-state index in [2.05, 4.69) is 16.0 Å². The van der Waals surface area contributed by atoms with Gasteiger partial charge < -0.3 is 19.3 Å². The van der Waals surface area contributed by atoms with Crippen molar-refractivity contribution < 1.29 is 14.3 Å². The third-order valence-electron chi connectivity index (χ3n) is 5.50. The summed E-state index contributed by atoms with van der Waals surface area (Å²) in [5, 5.41) is 8.89. The fraction of sp³-hybridized carbons (Fsp3) is 0.650. The molecule has 0 spiro atoms. The van der Waals surface area contributed by atoms with Crippen LogP contribution in [0.5, 0.6) is 0 Å². The van der Waals surface area contributed by atoms with Crippen molar-refractivity contribution in [1.82, 2.24) is 9.88 Å². The van der Waals surface area contributed by atoms with E-state index in [4.69, 9.17) is 14.7 Å². The SMILES string of the molecule is COCCN(C(=O)C1CCN(c2ccc(C#N)cn2)CC1)C1CCOCC1. The number of rotatable bonds is 6. The van der Waals surface area contributed by atoms with Crippen LogP contribution in [0.4, 0.5) is 5.82 Å². The van der Waals surface area contributed by atoms with Gasteiger partial charge in [-0.2, -0.15) is 5.26 Å². The number of amides is 1. The summed E-state index contributed by atoms with van der Waals surface area (Å²) >= 11 is 0. The van der Waals surface area contributed by atoms with E-state index in [1.54, 1.807) is 19.4 Å². The number of hydrogen-bond donors (Lipinski definition) is 0. The molecule has 3 rings (SSSR count). The molecule has 146 valence electrons. The molecule has 0 aliphatic carbocycles. The number of nitriles is 1. The molecule has 7 heteroatoms. The minimum atomic E-state index is 0.0549. The minimum Gasteiger partial charge on any atom is -0.383 e. The van der Waals surface area contributed by atoms with Crippen molar-refractivity contribution in [1.29, 1.82) is 5.26 Å². The van der Waals surface area contributed by atoms with E-state index >= 15 is 0 Å². The maximum Gasteiger partial charge on any atom is 0.226 e. The highest BCUT2D eigenvalue weighted by Crippen LogP contribution is 2.26. The van der Waals surface area contributed by atoms with Gasteiger partial charge in [0.2, 0.25) is 5.91 Å². The quantitative estimate of drug-likeness (QED) is 0.758. The van der Waals surface area contributed by atoms with Crippen molar-refractivity contribution in [2.24, 2.45) is 5.92 Å². The molecule has 27 heavy (non-hydrogen) atoms. The summed E-state index contributed by atoms with van der Waals surface area (Å²) in [6, 6.07) is 6.02. The zero-order chi connectivity index (χ0) is 19.1. The maximum atomic E-state index is 13.2. The van der Waals surface area contributed by atoms with E-state index in [1.165, 1.54) is 0 Å². The highest BCUT2D eigenvalue weighted by Gasteiger charge is 2.33. The molecule has 0 radical (unpaired) electrons. The Morgan fingerprint density at radius 1 is 1.33 bits per heavy atom. The molecule has 0 saturated carbocycles. The molecule has 2 aliphatic rings. The zero-order valence-electron chi connectivity index (χ0n) is 16.0. The maximum absolute atomic E-state index is 13.2. The first kappa shape index (κ1) is 19.6. The number of anilines is 1. The predicted molar refractivity (Wildman–Crippen MR) is 101 cm³/mol. The fourth-order valence-corrected chi connectivity index (χ4v) is 3.89. The second kappa shape index (κ2) is 9.67. The summed E-state index contributed by atoms with van der Waals surface area (Å²) in [6.07, 6.45) is 5.07. The van der Waals surface area contributed by atoms with E-state index in [1.807, 2.05) is 11.0 Å². The van der Waals surface area contributed by atoms with E-state index in [9.17, 15) is 4.79 Å². The van der Waals surface area contributed by atoms with E-state index in [-0.39, 0.29) is 17.9 Å². The Morgan fingerprint density at radius 3 is 2.67 bits per heavy atom.